The molecule has 0 unspecified atom stereocenters. The average molecular weight is 310 g/mol. The van der Waals surface area contributed by atoms with Crippen molar-refractivity contribution in [2.24, 2.45) is 10.2 Å². The number of benzene rings is 2. The number of non-ortho nitro benzene ring substituents is 1. The molecule has 0 radical (unpaired) electrons. The van der Waals surface area contributed by atoms with Crippen molar-refractivity contribution in [1.82, 2.24) is 0 Å². The van der Waals surface area contributed by atoms with Gasteiger partial charge in [0.1, 0.15) is 0 Å². The number of hydrogen-bond acceptors (Lipinski definition) is 4. The van der Waals surface area contributed by atoms with Crippen LogP contribution in [0.1, 0.15) is 5.56 Å². The predicted octanol–water partition coefficient (Wildman–Crippen LogP) is 5.19. The van der Waals surface area contributed by atoms with Crippen LogP contribution in [0.25, 0.3) is 0 Å². The summed E-state index contributed by atoms with van der Waals surface area (Å²) in [7, 11) is 0. The Morgan fingerprint density at radius 1 is 1.05 bits per heavy atom. The van der Waals surface area contributed by atoms with Crippen LogP contribution in [0.4, 0.5) is 11.4 Å². The van der Waals surface area contributed by atoms with E-state index in [0.717, 1.165) is 0 Å². The zero-order valence-corrected chi connectivity index (χ0v) is 11.7. The van der Waals surface area contributed by atoms with Crippen molar-refractivity contribution in [3.8, 4) is 0 Å². The van der Waals surface area contributed by atoms with Gasteiger partial charge in [-0.15, -0.1) is 0 Å². The van der Waals surface area contributed by atoms with E-state index < -0.39 is 4.92 Å². The quantitative estimate of drug-likeness (QED) is 0.443. The molecule has 0 spiro atoms. The Balaban J connectivity index is 2.08. The summed E-state index contributed by atoms with van der Waals surface area (Å²) in [5.74, 6) is 0. The number of rotatable bonds is 4. The van der Waals surface area contributed by atoms with Gasteiger partial charge in [0.15, 0.2) is 0 Å². The molecule has 0 atom stereocenters. The van der Waals surface area contributed by atoms with Crippen LogP contribution in [0.5, 0.6) is 0 Å². The highest BCUT2D eigenvalue weighted by molar-refractivity contribution is 6.35. The van der Waals surface area contributed by atoms with Crippen LogP contribution in [0.15, 0.2) is 52.7 Å². The maximum absolute atomic E-state index is 10.5. The second-order valence-electron chi connectivity index (χ2n) is 3.87. The van der Waals surface area contributed by atoms with Gasteiger partial charge in [-0.05, 0) is 24.3 Å². The number of nitro benzene ring substituents is 1. The third kappa shape index (κ3) is 3.53. The summed E-state index contributed by atoms with van der Waals surface area (Å²) in [6.07, 6.45) is 0. The molecule has 20 heavy (non-hydrogen) atoms. The standard InChI is InChI=1S/C13H9Cl2N3O2/c14-12-2-1-3-13(15)11(12)8-16-17-9-4-6-10(7-5-9)18(19)20/h1-7H,8H2. The Kier molecular flexibility index (Phi) is 4.65. The third-order valence-corrected chi connectivity index (χ3v) is 3.25. The second-order valence-corrected chi connectivity index (χ2v) is 4.69. The van der Waals surface area contributed by atoms with Crippen molar-refractivity contribution in [2.45, 2.75) is 6.54 Å². The van der Waals surface area contributed by atoms with E-state index in [1.54, 1.807) is 18.2 Å². The molecule has 0 heterocycles. The highest BCUT2D eigenvalue weighted by Crippen LogP contribution is 2.25. The molecular formula is C13H9Cl2N3O2. The van der Waals surface area contributed by atoms with E-state index in [4.69, 9.17) is 23.2 Å². The molecule has 0 saturated carbocycles. The Labute approximate surface area is 125 Å². The van der Waals surface area contributed by atoms with Crippen LogP contribution in [0.2, 0.25) is 10.0 Å². The first-order valence-electron chi connectivity index (χ1n) is 5.63. The summed E-state index contributed by atoms with van der Waals surface area (Å²) in [5.41, 5.74) is 1.23. The van der Waals surface area contributed by atoms with Crippen LogP contribution in [-0.2, 0) is 6.54 Å². The van der Waals surface area contributed by atoms with Gasteiger partial charge >= 0.3 is 0 Å². The number of azo groups is 1. The first-order valence-corrected chi connectivity index (χ1v) is 6.38. The van der Waals surface area contributed by atoms with Crippen molar-refractivity contribution < 1.29 is 4.92 Å². The van der Waals surface area contributed by atoms with Gasteiger partial charge in [-0.1, -0.05) is 29.3 Å². The summed E-state index contributed by atoms with van der Waals surface area (Å²) < 4.78 is 0. The fraction of sp³-hybridized carbons (Fsp3) is 0.0769. The van der Waals surface area contributed by atoms with Crippen LogP contribution < -0.4 is 0 Å². The van der Waals surface area contributed by atoms with Crippen molar-refractivity contribution >= 4 is 34.6 Å². The van der Waals surface area contributed by atoms with Gasteiger partial charge in [0.25, 0.3) is 5.69 Å². The Hall–Kier alpha value is -1.98. The summed E-state index contributed by atoms with van der Waals surface area (Å²) in [4.78, 5) is 10.0. The molecular weight excluding hydrogens is 301 g/mol. The maximum atomic E-state index is 10.5. The molecule has 2 rings (SSSR count). The van der Waals surface area contributed by atoms with Crippen LogP contribution >= 0.6 is 23.2 Å². The minimum Gasteiger partial charge on any atom is -0.258 e. The SMILES string of the molecule is O=[N+]([O-])c1ccc(N=NCc2c(Cl)cccc2Cl)cc1. The first kappa shape index (κ1) is 14.4. The average Bonchev–Trinajstić information content (AvgIpc) is 2.42. The van der Waals surface area contributed by atoms with Gasteiger partial charge in [-0.2, -0.15) is 10.2 Å². The van der Waals surface area contributed by atoms with Crippen LogP contribution in [0, 0.1) is 10.1 Å². The topological polar surface area (TPSA) is 67.9 Å². The highest BCUT2D eigenvalue weighted by atomic mass is 35.5. The lowest BCUT2D eigenvalue weighted by Crippen LogP contribution is -1.86. The summed E-state index contributed by atoms with van der Waals surface area (Å²) in [6, 6.07) is 11.0. The third-order valence-electron chi connectivity index (χ3n) is 2.54. The van der Waals surface area contributed by atoms with E-state index in [9.17, 15) is 10.1 Å². The second kappa shape index (κ2) is 6.45. The van der Waals surface area contributed by atoms with Crippen molar-refractivity contribution in [2.75, 3.05) is 0 Å². The summed E-state index contributed by atoms with van der Waals surface area (Å²) in [6.45, 7) is 0.246. The molecule has 0 aromatic heterocycles. The molecule has 0 amide bonds. The van der Waals surface area contributed by atoms with Gasteiger partial charge in [0, 0.05) is 27.7 Å². The van der Waals surface area contributed by atoms with Gasteiger partial charge in [0.05, 0.1) is 17.2 Å². The molecule has 0 saturated heterocycles. The molecule has 0 aliphatic heterocycles. The number of nitro groups is 1. The summed E-state index contributed by atoms with van der Waals surface area (Å²) >= 11 is 12.0. The van der Waals surface area contributed by atoms with Gasteiger partial charge in [-0.25, -0.2) is 0 Å². The molecule has 0 aliphatic rings. The lowest BCUT2D eigenvalue weighted by molar-refractivity contribution is -0.384. The van der Waals surface area contributed by atoms with E-state index >= 15 is 0 Å². The van der Waals surface area contributed by atoms with E-state index in [1.165, 1.54) is 24.3 Å². The largest absolute Gasteiger partial charge is 0.269 e. The Morgan fingerprint density at radius 3 is 2.20 bits per heavy atom. The van der Waals surface area contributed by atoms with E-state index in [1.807, 2.05) is 0 Å². The zero-order valence-electron chi connectivity index (χ0n) is 10.2. The van der Waals surface area contributed by atoms with Crippen molar-refractivity contribution in [3.63, 3.8) is 0 Å². The maximum Gasteiger partial charge on any atom is 0.269 e. The molecule has 0 bridgehead atoms. The van der Waals surface area contributed by atoms with Crippen molar-refractivity contribution in [3.05, 3.63) is 68.2 Å². The molecule has 0 fully saturated rings. The van der Waals surface area contributed by atoms with E-state index in [2.05, 4.69) is 10.2 Å². The van der Waals surface area contributed by atoms with Crippen LogP contribution in [-0.4, -0.2) is 4.92 Å². The first-order chi connectivity index (χ1) is 9.58. The van der Waals surface area contributed by atoms with E-state index in [-0.39, 0.29) is 12.2 Å². The number of halogens is 2. The fourth-order valence-corrected chi connectivity index (χ4v) is 2.03. The monoisotopic (exact) mass is 309 g/mol. The minimum absolute atomic E-state index is 0.0121. The lowest BCUT2D eigenvalue weighted by Gasteiger charge is -2.02. The number of hydrogen-bond donors (Lipinski definition) is 0. The highest BCUT2D eigenvalue weighted by Gasteiger charge is 2.05. The zero-order chi connectivity index (χ0) is 14.5. The normalized spacial score (nSPS) is 10.9. The number of nitrogens with zero attached hydrogens (tertiary/aromatic N) is 3. The lowest BCUT2D eigenvalue weighted by atomic mass is 10.2. The van der Waals surface area contributed by atoms with E-state index in [0.29, 0.717) is 21.3 Å². The molecule has 102 valence electrons. The molecule has 2 aromatic carbocycles. The molecule has 0 N–H and O–H groups in total. The van der Waals surface area contributed by atoms with Gasteiger partial charge < -0.3 is 0 Å². The molecule has 7 heteroatoms. The molecule has 2 aromatic rings. The predicted molar refractivity (Wildman–Crippen MR) is 77.8 cm³/mol. The fourth-order valence-electron chi connectivity index (χ4n) is 1.51. The molecule has 5 nitrogen and oxygen atoms in total. The minimum atomic E-state index is -0.468. The smallest absolute Gasteiger partial charge is 0.258 e. The molecule has 0 aliphatic carbocycles. The van der Waals surface area contributed by atoms with Gasteiger partial charge in [0.2, 0.25) is 0 Å². The summed E-state index contributed by atoms with van der Waals surface area (Å²) in [5, 5.41) is 19.5. The van der Waals surface area contributed by atoms with Crippen LogP contribution in [0.3, 0.4) is 0 Å². The van der Waals surface area contributed by atoms with Crippen molar-refractivity contribution in [1.29, 1.82) is 0 Å². The Bertz CT molecular complexity index is 637. The Morgan fingerprint density at radius 2 is 1.65 bits per heavy atom. The van der Waals surface area contributed by atoms with Gasteiger partial charge in [-0.3, -0.25) is 10.1 Å².